The van der Waals surface area contributed by atoms with E-state index in [4.69, 9.17) is 17.0 Å². The summed E-state index contributed by atoms with van der Waals surface area (Å²) in [5, 5.41) is 3.54. The van der Waals surface area contributed by atoms with E-state index in [1.165, 1.54) is 12.0 Å². The monoisotopic (exact) mass is 371 g/mol. The highest BCUT2D eigenvalue weighted by Gasteiger charge is 2.30. The Morgan fingerprint density at radius 2 is 2.04 bits per heavy atom. The zero-order chi connectivity index (χ0) is 19.2. The van der Waals surface area contributed by atoms with E-state index in [0.29, 0.717) is 11.0 Å². The van der Waals surface area contributed by atoms with Crippen molar-refractivity contribution in [2.24, 2.45) is 11.3 Å². The highest BCUT2D eigenvalue weighted by atomic mass is 32.1. The third kappa shape index (κ3) is 5.36. The second-order valence-corrected chi connectivity index (χ2v) is 7.65. The van der Waals surface area contributed by atoms with Crippen LogP contribution >= 0.6 is 12.2 Å². The molecule has 3 N–H and O–H groups in total. The SMILES string of the molecule is C=C(/C=C/[C@H]1C(C)=CCCC1(C)C)NNC(=S)Nc1ccccc1OC. The molecule has 0 saturated carbocycles. The van der Waals surface area contributed by atoms with Crippen molar-refractivity contribution in [1.29, 1.82) is 0 Å². The van der Waals surface area contributed by atoms with E-state index in [2.05, 4.69) is 55.7 Å². The zero-order valence-corrected chi connectivity index (χ0v) is 16.9. The molecule has 0 fully saturated rings. The smallest absolute Gasteiger partial charge is 0.189 e. The summed E-state index contributed by atoms with van der Waals surface area (Å²) in [6, 6.07) is 7.61. The highest BCUT2D eigenvalue weighted by Crippen LogP contribution is 2.41. The van der Waals surface area contributed by atoms with E-state index in [1.54, 1.807) is 7.11 Å². The minimum atomic E-state index is 0.268. The molecule has 0 amide bonds. The van der Waals surface area contributed by atoms with E-state index in [1.807, 2.05) is 30.3 Å². The molecule has 2 rings (SSSR count). The molecule has 0 aromatic heterocycles. The lowest BCUT2D eigenvalue weighted by Gasteiger charge is -2.36. The van der Waals surface area contributed by atoms with Gasteiger partial charge in [-0.1, -0.05) is 50.3 Å². The maximum atomic E-state index is 5.31. The fraction of sp³-hybridized carbons (Fsp3) is 0.381. The summed E-state index contributed by atoms with van der Waals surface area (Å²) in [5.74, 6) is 1.16. The van der Waals surface area contributed by atoms with E-state index in [9.17, 15) is 0 Å². The number of allylic oxidation sites excluding steroid dienone is 4. The van der Waals surface area contributed by atoms with Crippen LogP contribution in [0.2, 0.25) is 0 Å². The van der Waals surface area contributed by atoms with Crippen molar-refractivity contribution < 1.29 is 4.74 Å². The Labute approximate surface area is 162 Å². The van der Waals surface area contributed by atoms with E-state index < -0.39 is 0 Å². The minimum Gasteiger partial charge on any atom is -0.495 e. The number of rotatable bonds is 6. The number of para-hydroxylation sites is 2. The first-order valence-corrected chi connectivity index (χ1v) is 9.24. The number of nitrogens with one attached hydrogen (secondary N) is 3. The van der Waals surface area contributed by atoms with Gasteiger partial charge in [-0.15, -0.1) is 0 Å². The van der Waals surface area contributed by atoms with Crippen molar-refractivity contribution in [1.82, 2.24) is 10.9 Å². The molecule has 1 aliphatic carbocycles. The van der Waals surface area contributed by atoms with Crippen molar-refractivity contribution in [2.75, 3.05) is 12.4 Å². The zero-order valence-electron chi connectivity index (χ0n) is 16.1. The van der Waals surface area contributed by atoms with Crippen LogP contribution in [0, 0.1) is 11.3 Å². The Morgan fingerprint density at radius 1 is 1.31 bits per heavy atom. The van der Waals surface area contributed by atoms with Gasteiger partial charge in [-0.3, -0.25) is 10.9 Å². The van der Waals surface area contributed by atoms with Crippen molar-refractivity contribution in [2.45, 2.75) is 33.6 Å². The average Bonchev–Trinajstić information content (AvgIpc) is 2.59. The second kappa shape index (κ2) is 8.90. The van der Waals surface area contributed by atoms with Crippen molar-refractivity contribution >= 4 is 23.0 Å². The number of methoxy groups -OCH3 is 1. The van der Waals surface area contributed by atoms with Crippen LogP contribution in [-0.4, -0.2) is 12.2 Å². The van der Waals surface area contributed by atoms with Gasteiger partial charge in [0.2, 0.25) is 0 Å². The molecule has 140 valence electrons. The average molecular weight is 372 g/mol. The molecule has 0 spiro atoms. The van der Waals surface area contributed by atoms with Crippen LogP contribution in [0.3, 0.4) is 0 Å². The lowest BCUT2D eigenvalue weighted by Crippen LogP contribution is -2.39. The van der Waals surface area contributed by atoms with E-state index in [-0.39, 0.29) is 5.41 Å². The second-order valence-electron chi connectivity index (χ2n) is 7.24. The first kappa shape index (κ1) is 20.0. The minimum absolute atomic E-state index is 0.268. The Morgan fingerprint density at radius 3 is 2.73 bits per heavy atom. The molecule has 1 atom stereocenters. The normalized spacial score (nSPS) is 18.8. The van der Waals surface area contributed by atoms with Gasteiger partial charge in [-0.05, 0) is 55.6 Å². The van der Waals surface area contributed by atoms with Gasteiger partial charge in [-0.2, -0.15) is 0 Å². The summed E-state index contributed by atoms with van der Waals surface area (Å²) >= 11 is 5.31. The van der Waals surface area contributed by atoms with Crippen LogP contribution < -0.4 is 20.9 Å². The molecule has 0 radical (unpaired) electrons. The van der Waals surface area contributed by atoms with Crippen molar-refractivity contribution in [3.05, 3.63) is 60.3 Å². The van der Waals surface area contributed by atoms with Crippen molar-refractivity contribution in [3.8, 4) is 5.75 Å². The van der Waals surface area contributed by atoms with Gasteiger partial charge < -0.3 is 10.1 Å². The van der Waals surface area contributed by atoms with Crippen LogP contribution in [-0.2, 0) is 0 Å². The Bertz CT molecular complexity index is 722. The highest BCUT2D eigenvalue weighted by molar-refractivity contribution is 7.80. The van der Waals surface area contributed by atoms with Gasteiger partial charge in [0, 0.05) is 11.6 Å². The molecular formula is C21H29N3OS. The third-order valence-corrected chi connectivity index (χ3v) is 4.97. The molecule has 1 aromatic rings. The molecule has 0 bridgehead atoms. The number of hydrogen-bond donors (Lipinski definition) is 3. The summed E-state index contributed by atoms with van der Waals surface area (Å²) < 4.78 is 5.30. The number of ether oxygens (including phenoxy) is 1. The molecule has 0 heterocycles. The van der Waals surface area contributed by atoms with Crippen LogP contribution in [0.25, 0.3) is 0 Å². The number of hydrogen-bond acceptors (Lipinski definition) is 3. The summed E-state index contributed by atoms with van der Waals surface area (Å²) in [6.45, 7) is 10.9. The molecule has 0 saturated heterocycles. The molecule has 0 unspecified atom stereocenters. The fourth-order valence-corrected chi connectivity index (χ4v) is 3.44. The summed E-state index contributed by atoms with van der Waals surface area (Å²) in [7, 11) is 1.63. The molecule has 4 nitrogen and oxygen atoms in total. The third-order valence-electron chi connectivity index (χ3n) is 4.77. The van der Waals surface area contributed by atoms with Gasteiger partial charge in [-0.25, -0.2) is 0 Å². The lowest BCUT2D eigenvalue weighted by molar-refractivity contribution is 0.255. The first-order valence-electron chi connectivity index (χ1n) is 8.83. The Balaban J connectivity index is 1.87. The van der Waals surface area contributed by atoms with Crippen LogP contribution in [0.15, 0.2) is 60.3 Å². The number of thiocarbonyl (C=S) groups is 1. The maximum Gasteiger partial charge on any atom is 0.189 e. The quantitative estimate of drug-likeness (QED) is 0.286. The van der Waals surface area contributed by atoms with Gasteiger partial charge in [0.15, 0.2) is 5.11 Å². The molecule has 5 heteroatoms. The lowest BCUT2D eigenvalue weighted by atomic mass is 9.68. The van der Waals surface area contributed by atoms with Gasteiger partial charge >= 0.3 is 0 Å². The number of hydrazine groups is 1. The molecule has 1 aliphatic rings. The summed E-state index contributed by atoms with van der Waals surface area (Å²) in [4.78, 5) is 0. The molecule has 1 aromatic carbocycles. The summed E-state index contributed by atoms with van der Waals surface area (Å²) in [6.07, 6.45) is 8.92. The standard InChI is InChI=1S/C21H29N3OS/c1-15-9-8-14-21(3,4)17(15)13-12-16(2)23-24-20(26)22-18-10-6-7-11-19(18)25-5/h6-7,9-13,17,23H,2,8,14H2,1,3-5H3,(H2,22,24,26)/b13-12+/t17-/m0/s1. The van der Waals surface area contributed by atoms with Gasteiger partial charge in [0.1, 0.15) is 5.75 Å². The Hall–Kier alpha value is -2.27. The summed E-state index contributed by atoms with van der Waals surface area (Å²) in [5.41, 5.74) is 9.23. The maximum absolute atomic E-state index is 5.31. The largest absolute Gasteiger partial charge is 0.495 e. The van der Waals surface area contributed by atoms with Crippen molar-refractivity contribution in [3.63, 3.8) is 0 Å². The van der Waals surface area contributed by atoms with Gasteiger partial charge in [0.05, 0.1) is 12.8 Å². The van der Waals surface area contributed by atoms with Crippen LogP contribution in [0.1, 0.15) is 33.6 Å². The topological polar surface area (TPSA) is 45.3 Å². The first-order chi connectivity index (χ1) is 12.3. The van der Waals surface area contributed by atoms with Gasteiger partial charge in [0.25, 0.3) is 0 Å². The van der Waals surface area contributed by atoms with Crippen LogP contribution in [0.4, 0.5) is 5.69 Å². The predicted octanol–water partition coefficient (Wildman–Crippen LogP) is 4.94. The van der Waals surface area contributed by atoms with Crippen LogP contribution in [0.5, 0.6) is 5.75 Å². The molecule has 26 heavy (non-hydrogen) atoms. The predicted molar refractivity (Wildman–Crippen MR) is 114 cm³/mol. The van der Waals surface area contributed by atoms with E-state index in [0.717, 1.165) is 23.6 Å². The molecular weight excluding hydrogens is 342 g/mol. The fourth-order valence-electron chi connectivity index (χ4n) is 3.28. The molecule has 0 aliphatic heterocycles. The van der Waals surface area contributed by atoms with E-state index >= 15 is 0 Å². The Kier molecular flexibility index (Phi) is 6.86. The number of benzene rings is 1. The number of anilines is 1.